The predicted molar refractivity (Wildman–Crippen MR) is 129 cm³/mol. The number of hydrogen-bond donors (Lipinski definition) is 2. The molecule has 156 valence electrons. The minimum absolute atomic E-state index is 0.388. The van der Waals surface area contributed by atoms with Gasteiger partial charge in [0, 0.05) is 16.8 Å². The number of aromatic amines is 1. The van der Waals surface area contributed by atoms with E-state index in [4.69, 9.17) is 4.74 Å². The third-order valence-corrected chi connectivity index (χ3v) is 6.85. The van der Waals surface area contributed by atoms with Gasteiger partial charge in [0.1, 0.15) is 5.60 Å². The van der Waals surface area contributed by atoms with Gasteiger partial charge >= 0.3 is 0 Å². The van der Waals surface area contributed by atoms with Crippen LogP contribution in [0.1, 0.15) is 28.5 Å². The number of aromatic nitrogens is 2. The number of H-pyrrole nitrogens is 1. The lowest BCUT2D eigenvalue weighted by molar-refractivity contribution is -0.0429. The van der Waals surface area contributed by atoms with Crippen LogP contribution in [0.4, 0.5) is 5.69 Å². The van der Waals surface area contributed by atoms with E-state index in [-0.39, 0.29) is 6.23 Å². The van der Waals surface area contributed by atoms with Gasteiger partial charge < -0.3 is 10.1 Å². The number of thiophene rings is 1. The zero-order chi connectivity index (χ0) is 21.4. The van der Waals surface area contributed by atoms with Crippen LogP contribution >= 0.6 is 11.3 Å². The van der Waals surface area contributed by atoms with Crippen molar-refractivity contribution >= 4 is 17.0 Å². The Morgan fingerprint density at radius 2 is 1.47 bits per heavy atom. The molecule has 2 aromatic heterocycles. The monoisotopic (exact) mass is 435 g/mol. The number of benzene rings is 3. The Balaban J connectivity index is 1.59. The smallest absolute Gasteiger partial charge is 0.159 e. The summed E-state index contributed by atoms with van der Waals surface area (Å²) in [6.45, 7) is 0. The second-order valence-electron chi connectivity index (χ2n) is 7.78. The van der Waals surface area contributed by atoms with Gasteiger partial charge in [-0.3, -0.25) is 5.10 Å². The summed E-state index contributed by atoms with van der Waals surface area (Å²) >= 11 is 1.68. The van der Waals surface area contributed by atoms with Crippen molar-refractivity contribution in [2.45, 2.75) is 11.8 Å². The largest absolute Gasteiger partial charge is 0.356 e. The first-order chi connectivity index (χ1) is 15.9. The summed E-state index contributed by atoms with van der Waals surface area (Å²) in [6.07, 6.45) is 1.47. The van der Waals surface area contributed by atoms with Gasteiger partial charge in [0.2, 0.25) is 0 Å². The topological polar surface area (TPSA) is 49.9 Å². The van der Waals surface area contributed by atoms with Crippen molar-refractivity contribution in [2.24, 2.45) is 0 Å². The van der Waals surface area contributed by atoms with Gasteiger partial charge in [0.15, 0.2) is 6.23 Å². The lowest BCUT2D eigenvalue weighted by Gasteiger charge is -2.44. The van der Waals surface area contributed by atoms with Crippen molar-refractivity contribution in [3.05, 3.63) is 131 Å². The quantitative estimate of drug-likeness (QED) is 0.336. The van der Waals surface area contributed by atoms with E-state index in [0.29, 0.717) is 0 Å². The molecular formula is C27H21N3OS. The number of fused-ring (bicyclic) bond motifs is 1. The maximum Gasteiger partial charge on any atom is 0.159 e. The minimum atomic E-state index is -0.765. The number of anilines is 1. The Bertz CT molecular complexity index is 1290. The fourth-order valence-electron chi connectivity index (χ4n) is 4.54. The Hall–Kier alpha value is -3.67. The van der Waals surface area contributed by atoms with Crippen molar-refractivity contribution in [1.82, 2.24) is 10.2 Å². The van der Waals surface area contributed by atoms with Gasteiger partial charge in [0.05, 0.1) is 16.8 Å². The Morgan fingerprint density at radius 1 is 0.781 bits per heavy atom. The maximum atomic E-state index is 7.09. The SMILES string of the molecule is c1ccc(C2(c3ccccc3)O[C@@H](c3cn[nH]c3-c3cccs3)Nc3ccccc32)cc1. The number of nitrogens with zero attached hydrogens (tertiary/aromatic N) is 1. The van der Waals surface area contributed by atoms with E-state index >= 15 is 0 Å². The number of rotatable bonds is 4. The first-order valence-electron chi connectivity index (χ1n) is 10.6. The molecule has 0 spiro atoms. The van der Waals surface area contributed by atoms with E-state index < -0.39 is 5.60 Å². The molecule has 1 aliphatic rings. The molecule has 0 amide bonds. The van der Waals surface area contributed by atoms with Crippen LogP contribution in [0.2, 0.25) is 0 Å². The van der Waals surface area contributed by atoms with Gasteiger partial charge in [-0.2, -0.15) is 5.10 Å². The second kappa shape index (κ2) is 7.79. The molecule has 0 fully saturated rings. The number of para-hydroxylation sites is 1. The predicted octanol–water partition coefficient (Wildman–Crippen LogP) is 6.57. The van der Waals surface area contributed by atoms with Crippen molar-refractivity contribution in [3.8, 4) is 10.6 Å². The van der Waals surface area contributed by atoms with Crippen molar-refractivity contribution in [2.75, 3.05) is 5.32 Å². The summed E-state index contributed by atoms with van der Waals surface area (Å²) in [5.41, 5.74) is 5.52. The van der Waals surface area contributed by atoms with Gasteiger partial charge in [-0.15, -0.1) is 11.3 Å². The lowest BCUT2D eigenvalue weighted by Crippen LogP contribution is -2.40. The van der Waals surface area contributed by atoms with Crippen LogP contribution in [0, 0.1) is 0 Å². The molecule has 0 saturated carbocycles. The zero-order valence-corrected chi connectivity index (χ0v) is 18.0. The number of ether oxygens (including phenoxy) is 1. The van der Waals surface area contributed by atoms with Crippen LogP contribution in [-0.2, 0) is 10.3 Å². The van der Waals surface area contributed by atoms with Gasteiger partial charge in [-0.1, -0.05) is 84.9 Å². The molecule has 0 bridgehead atoms. The summed E-state index contributed by atoms with van der Waals surface area (Å²) in [4.78, 5) is 1.13. The molecule has 3 aromatic carbocycles. The van der Waals surface area contributed by atoms with E-state index in [1.165, 1.54) is 0 Å². The molecule has 1 aliphatic heterocycles. The summed E-state index contributed by atoms with van der Waals surface area (Å²) in [5, 5.41) is 13.2. The molecular weight excluding hydrogens is 414 g/mol. The fourth-order valence-corrected chi connectivity index (χ4v) is 5.28. The van der Waals surface area contributed by atoms with E-state index in [1.54, 1.807) is 11.3 Å². The van der Waals surface area contributed by atoms with Crippen LogP contribution in [0.15, 0.2) is 109 Å². The van der Waals surface area contributed by atoms with Gasteiger partial charge in [-0.25, -0.2) is 0 Å². The van der Waals surface area contributed by atoms with Crippen LogP contribution in [0.5, 0.6) is 0 Å². The molecule has 0 radical (unpaired) electrons. The molecule has 2 N–H and O–H groups in total. The second-order valence-corrected chi connectivity index (χ2v) is 8.73. The highest BCUT2D eigenvalue weighted by atomic mass is 32.1. The van der Waals surface area contributed by atoms with E-state index in [2.05, 4.69) is 99.8 Å². The minimum Gasteiger partial charge on any atom is -0.356 e. The Morgan fingerprint density at radius 3 is 2.16 bits per heavy atom. The molecule has 3 heterocycles. The average Bonchev–Trinajstić information content (AvgIpc) is 3.56. The molecule has 0 saturated heterocycles. The van der Waals surface area contributed by atoms with Crippen LogP contribution in [0.25, 0.3) is 10.6 Å². The average molecular weight is 436 g/mol. The first kappa shape index (κ1) is 19.0. The van der Waals surface area contributed by atoms with E-state index in [1.807, 2.05) is 24.4 Å². The first-order valence-corrected chi connectivity index (χ1v) is 11.5. The Labute approximate surface area is 190 Å². The Kier molecular flexibility index (Phi) is 4.63. The van der Waals surface area contributed by atoms with Crippen LogP contribution in [0.3, 0.4) is 0 Å². The molecule has 6 rings (SSSR count). The molecule has 0 aliphatic carbocycles. The highest BCUT2D eigenvalue weighted by Crippen LogP contribution is 2.50. The molecule has 4 nitrogen and oxygen atoms in total. The van der Waals surface area contributed by atoms with Crippen LogP contribution in [-0.4, -0.2) is 10.2 Å². The van der Waals surface area contributed by atoms with Crippen molar-refractivity contribution in [3.63, 3.8) is 0 Å². The molecule has 1 atom stereocenters. The van der Waals surface area contributed by atoms with E-state index in [0.717, 1.165) is 38.5 Å². The third kappa shape index (κ3) is 2.98. The highest BCUT2D eigenvalue weighted by Gasteiger charge is 2.45. The number of nitrogens with one attached hydrogen (secondary N) is 2. The normalized spacial score (nSPS) is 16.8. The zero-order valence-electron chi connectivity index (χ0n) is 17.2. The van der Waals surface area contributed by atoms with Crippen LogP contribution < -0.4 is 5.32 Å². The van der Waals surface area contributed by atoms with Gasteiger partial charge in [0.25, 0.3) is 0 Å². The van der Waals surface area contributed by atoms with Crippen molar-refractivity contribution < 1.29 is 4.74 Å². The summed E-state index contributed by atoms with van der Waals surface area (Å²) in [7, 11) is 0. The molecule has 5 heteroatoms. The van der Waals surface area contributed by atoms with Gasteiger partial charge in [-0.05, 0) is 28.6 Å². The summed E-state index contributed by atoms with van der Waals surface area (Å²) < 4.78 is 7.09. The van der Waals surface area contributed by atoms with Crippen molar-refractivity contribution in [1.29, 1.82) is 0 Å². The lowest BCUT2D eigenvalue weighted by atomic mass is 9.78. The molecule has 5 aromatic rings. The standard InChI is InChI=1S/C27H21N3OS/c1-3-10-19(11-4-1)27(20-12-5-2-6-13-20)22-14-7-8-15-23(22)29-26(31-27)21-18-28-30-25(21)24-16-9-17-32-24/h1-18,26,29H,(H,28,30)/t26-/m0/s1. The highest BCUT2D eigenvalue weighted by molar-refractivity contribution is 7.13. The molecule has 0 unspecified atom stereocenters. The number of hydrogen-bond acceptors (Lipinski definition) is 4. The fraction of sp³-hybridized carbons (Fsp3) is 0.0741. The van der Waals surface area contributed by atoms with E-state index in [9.17, 15) is 0 Å². The third-order valence-electron chi connectivity index (χ3n) is 5.97. The maximum absolute atomic E-state index is 7.09. The molecule has 32 heavy (non-hydrogen) atoms. The summed E-state index contributed by atoms with van der Waals surface area (Å²) in [5.74, 6) is 0. The summed E-state index contributed by atoms with van der Waals surface area (Å²) in [6, 6.07) is 33.5.